The van der Waals surface area contributed by atoms with Crippen LogP contribution in [-0.2, 0) is 6.54 Å². The van der Waals surface area contributed by atoms with Crippen molar-refractivity contribution in [2.45, 2.75) is 33.2 Å². The molecule has 0 radical (unpaired) electrons. The van der Waals surface area contributed by atoms with E-state index in [-0.39, 0.29) is 0 Å². The highest BCUT2D eigenvalue weighted by molar-refractivity contribution is 5.44. The fourth-order valence-corrected chi connectivity index (χ4v) is 3.05. The van der Waals surface area contributed by atoms with E-state index in [1.54, 1.807) is 7.11 Å². The van der Waals surface area contributed by atoms with Gasteiger partial charge in [0.15, 0.2) is 0 Å². The van der Waals surface area contributed by atoms with Crippen LogP contribution in [0.4, 0.5) is 0 Å². The molecule has 0 bridgehead atoms. The van der Waals surface area contributed by atoms with E-state index in [1.165, 1.54) is 18.4 Å². The summed E-state index contributed by atoms with van der Waals surface area (Å²) in [7, 11) is 1.73. The molecular weight excluding hydrogens is 260 g/mol. The minimum Gasteiger partial charge on any atom is -0.496 e. The van der Waals surface area contributed by atoms with E-state index >= 15 is 0 Å². The summed E-state index contributed by atoms with van der Waals surface area (Å²) in [6, 6.07) is 6.12. The van der Waals surface area contributed by atoms with Gasteiger partial charge in [0.2, 0.25) is 0 Å². The number of methoxy groups -OCH3 is 1. The second-order valence-corrected chi connectivity index (χ2v) is 6.51. The molecule has 1 fully saturated rings. The van der Waals surface area contributed by atoms with E-state index in [1.807, 2.05) is 12.1 Å². The molecule has 1 aromatic rings. The Kier molecular flexibility index (Phi) is 5.27. The van der Waals surface area contributed by atoms with Crippen molar-refractivity contribution >= 4 is 0 Å². The van der Waals surface area contributed by atoms with Crippen molar-refractivity contribution in [3.63, 3.8) is 0 Å². The van der Waals surface area contributed by atoms with E-state index in [4.69, 9.17) is 10.5 Å². The topological polar surface area (TPSA) is 38.5 Å². The Morgan fingerprint density at radius 3 is 2.86 bits per heavy atom. The third-order valence-electron chi connectivity index (χ3n) is 3.99. The molecule has 114 valence electrons. The first-order valence-electron chi connectivity index (χ1n) is 7.62. The van der Waals surface area contributed by atoms with Crippen LogP contribution in [0.1, 0.15) is 37.8 Å². The van der Waals surface area contributed by atoms with Gasteiger partial charge >= 0.3 is 0 Å². The number of rotatable bonds is 3. The predicted octanol–water partition coefficient (Wildman–Crippen LogP) is 2.63. The zero-order chi connectivity index (χ0) is 15.3. The monoisotopic (exact) mass is 286 g/mol. The van der Waals surface area contributed by atoms with E-state index in [0.29, 0.717) is 12.0 Å². The Bertz CT molecular complexity index is 540. The molecule has 21 heavy (non-hydrogen) atoms. The van der Waals surface area contributed by atoms with Gasteiger partial charge in [0.1, 0.15) is 5.75 Å². The number of ether oxygens (including phenoxy) is 1. The van der Waals surface area contributed by atoms with E-state index in [0.717, 1.165) is 30.9 Å². The molecule has 3 heteroatoms. The normalized spacial score (nSPS) is 17.9. The molecule has 0 atom stereocenters. The fourth-order valence-electron chi connectivity index (χ4n) is 3.05. The Morgan fingerprint density at radius 2 is 2.19 bits per heavy atom. The van der Waals surface area contributed by atoms with Crippen LogP contribution >= 0.6 is 0 Å². The maximum Gasteiger partial charge on any atom is 0.123 e. The molecule has 2 rings (SSSR count). The average Bonchev–Trinajstić information content (AvgIpc) is 2.44. The largest absolute Gasteiger partial charge is 0.496 e. The summed E-state index contributed by atoms with van der Waals surface area (Å²) in [5, 5.41) is 0. The number of likely N-dealkylation sites (tertiary alicyclic amines) is 1. The van der Waals surface area contributed by atoms with Crippen LogP contribution < -0.4 is 10.5 Å². The summed E-state index contributed by atoms with van der Waals surface area (Å²) in [5.74, 6) is 6.95. The molecule has 0 unspecified atom stereocenters. The molecule has 0 spiro atoms. The smallest absolute Gasteiger partial charge is 0.123 e. The summed E-state index contributed by atoms with van der Waals surface area (Å²) in [4.78, 5) is 2.52. The lowest BCUT2D eigenvalue weighted by Gasteiger charge is -2.38. The van der Waals surface area contributed by atoms with Crippen molar-refractivity contribution in [2.75, 3.05) is 26.7 Å². The third kappa shape index (κ3) is 4.49. The van der Waals surface area contributed by atoms with Gasteiger partial charge in [-0.15, -0.1) is 0 Å². The molecule has 3 nitrogen and oxygen atoms in total. The summed E-state index contributed by atoms with van der Waals surface area (Å²) in [5.41, 5.74) is 8.06. The van der Waals surface area contributed by atoms with Crippen molar-refractivity contribution in [3.8, 4) is 17.6 Å². The molecule has 0 saturated carbocycles. The zero-order valence-electron chi connectivity index (χ0n) is 13.4. The van der Waals surface area contributed by atoms with Gasteiger partial charge in [0.05, 0.1) is 13.7 Å². The van der Waals surface area contributed by atoms with Crippen LogP contribution in [0.25, 0.3) is 0 Å². The van der Waals surface area contributed by atoms with Crippen molar-refractivity contribution in [1.29, 1.82) is 0 Å². The number of hydrogen-bond donors (Lipinski definition) is 1. The summed E-state index contributed by atoms with van der Waals surface area (Å²) >= 11 is 0. The SMILES string of the molecule is COc1ccc(C#CCN)cc1CN1CCCC(C)(C)C1. The summed E-state index contributed by atoms with van der Waals surface area (Å²) in [6.45, 7) is 8.30. The Labute approximate surface area is 128 Å². The van der Waals surface area contributed by atoms with Gasteiger partial charge in [-0.3, -0.25) is 4.90 Å². The lowest BCUT2D eigenvalue weighted by Crippen LogP contribution is -2.39. The molecule has 1 heterocycles. The Morgan fingerprint density at radius 1 is 1.38 bits per heavy atom. The molecule has 1 saturated heterocycles. The molecule has 0 amide bonds. The van der Waals surface area contributed by atoms with Gasteiger partial charge in [-0.1, -0.05) is 25.7 Å². The van der Waals surface area contributed by atoms with Crippen LogP contribution in [0.15, 0.2) is 18.2 Å². The average molecular weight is 286 g/mol. The number of hydrogen-bond acceptors (Lipinski definition) is 3. The van der Waals surface area contributed by atoms with Crippen LogP contribution in [0.2, 0.25) is 0 Å². The standard InChI is InChI=1S/C18H26N2O/c1-18(2)9-5-11-20(14-18)13-16-12-15(6-4-10-19)7-8-17(16)21-3/h7-8,12H,5,9-11,13-14,19H2,1-3H3. The quantitative estimate of drug-likeness (QED) is 0.868. The van der Waals surface area contributed by atoms with Crippen LogP contribution in [0.5, 0.6) is 5.75 Å². The van der Waals surface area contributed by atoms with E-state index in [2.05, 4.69) is 36.7 Å². The van der Waals surface area contributed by atoms with Gasteiger partial charge < -0.3 is 10.5 Å². The minimum absolute atomic E-state index is 0.391. The Balaban J connectivity index is 2.17. The molecule has 0 aromatic heterocycles. The van der Waals surface area contributed by atoms with Gasteiger partial charge in [-0.2, -0.15) is 0 Å². The van der Waals surface area contributed by atoms with Crippen LogP contribution in [0.3, 0.4) is 0 Å². The molecule has 0 aliphatic carbocycles. The number of benzene rings is 1. The molecule has 1 aromatic carbocycles. The Hall–Kier alpha value is -1.50. The van der Waals surface area contributed by atoms with Crippen LogP contribution in [0, 0.1) is 17.3 Å². The molecule has 2 N–H and O–H groups in total. The summed E-state index contributed by atoms with van der Waals surface area (Å²) in [6.07, 6.45) is 2.57. The third-order valence-corrected chi connectivity index (χ3v) is 3.99. The van der Waals surface area contributed by atoms with Gasteiger partial charge in [-0.25, -0.2) is 0 Å². The second-order valence-electron chi connectivity index (χ2n) is 6.51. The first-order chi connectivity index (χ1) is 10.0. The van der Waals surface area contributed by atoms with Gasteiger partial charge in [-0.05, 0) is 43.0 Å². The summed E-state index contributed by atoms with van der Waals surface area (Å²) < 4.78 is 5.50. The highest BCUT2D eigenvalue weighted by Gasteiger charge is 2.26. The fraction of sp³-hybridized carbons (Fsp3) is 0.556. The van der Waals surface area contributed by atoms with Crippen molar-refractivity contribution in [3.05, 3.63) is 29.3 Å². The van der Waals surface area contributed by atoms with E-state index in [9.17, 15) is 0 Å². The van der Waals surface area contributed by atoms with Crippen molar-refractivity contribution in [1.82, 2.24) is 4.90 Å². The zero-order valence-corrected chi connectivity index (χ0v) is 13.4. The van der Waals surface area contributed by atoms with Crippen molar-refractivity contribution < 1.29 is 4.74 Å². The number of nitrogens with zero attached hydrogens (tertiary/aromatic N) is 1. The van der Waals surface area contributed by atoms with E-state index < -0.39 is 0 Å². The second kappa shape index (κ2) is 6.98. The number of piperidine rings is 1. The lowest BCUT2D eigenvalue weighted by molar-refractivity contribution is 0.111. The lowest BCUT2D eigenvalue weighted by atomic mass is 9.84. The minimum atomic E-state index is 0.391. The first-order valence-corrected chi connectivity index (χ1v) is 7.62. The highest BCUT2D eigenvalue weighted by atomic mass is 16.5. The predicted molar refractivity (Wildman–Crippen MR) is 87.2 cm³/mol. The van der Waals surface area contributed by atoms with Crippen LogP contribution in [-0.4, -0.2) is 31.6 Å². The molecule has 1 aliphatic heterocycles. The molecule has 1 aliphatic rings. The van der Waals surface area contributed by atoms with Gasteiger partial charge in [0, 0.05) is 24.2 Å². The number of nitrogens with two attached hydrogens (primary N) is 1. The highest BCUT2D eigenvalue weighted by Crippen LogP contribution is 2.30. The first kappa shape index (κ1) is 15.9. The molecular formula is C18H26N2O. The maximum atomic E-state index is 5.50. The maximum absolute atomic E-state index is 5.50. The van der Waals surface area contributed by atoms with Gasteiger partial charge in [0.25, 0.3) is 0 Å². The van der Waals surface area contributed by atoms with Crippen molar-refractivity contribution in [2.24, 2.45) is 11.1 Å².